The maximum absolute atomic E-state index is 16.2. The van der Waals surface area contributed by atoms with Gasteiger partial charge < -0.3 is 5.32 Å². The van der Waals surface area contributed by atoms with Crippen LogP contribution in [0.5, 0.6) is 0 Å². The van der Waals surface area contributed by atoms with Gasteiger partial charge in [0, 0.05) is 46.4 Å². The van der Waals surface area contributed by atoms with Gasteiger partial charge in [0.25, 0.3) is 0 Å². The molecule has 2 nitrogen and oxygen atoms in total. The summed E-state index contributed by atoms with van der Waals surface area (Å²) in [5.74, 6) is 0.412. The minimum Gasteiger partial charge on any atom is -0.310 e. The van der Waals surface area contributed by atoms with Crippen molar-refractivity contribution >= 4 is 11.9 Å². The van der Waals surface area contributed by atoms with E-state index in [0.29, 0.717) is 43.3 Å². The fourth-order valence-electron chi connectivity index (χ4n) is 7.82. The molecule has 0 spiro atoms. The number of Topliss-reactive ketones (excluding diaryl/α,β-unsaturated/α-hetero) is 1. The highest BCUT2D eigenvalue weighted by Gasteiger charge is 2.25. The number of hydrogen-bond donors (Lipinski definition) is 1. The second-order valence-electron chi connectivity index (χ2n) is 14.0. The second kappa shape index (κ2) is 22.0. The average Bonchev–Trinajstić information content (AvgIpc) is 3.20. The summed E-state index contributed by atoms with van der Waals surface area (Å²) in [5.41, 5.74) is 18.9. The van der Waals surface area contributed by atoms with Crippen LogP contribution < -0.4 is 5.32 Å². The predicted octanol–water partition coefficient (Wildman–Crippen LogP) is 14.6. The van der Waals surface area contributed by atoms with Gasteiger partial charge in [-0.2, -0.15) is 0 Å². The Hall–Kier alpha value is -4.52. The molecule has 1 fully saturated rings. The van der Waals surface area contributed by atoms with Crippen LogP contribution in [0.1, 0.15) is 126 Å². The van der Waals surface area contributed by atoms with Gasteiger partial charge in [0.05, 0.1) is 0 Å². The Morgan fingerprint density at radius 2 is 1.70 bits per heavy atom. The Labute approximate surface area is 331 Å². The molecular formula is C51H70FNO. The molecule has 3 aromatic carbocycles. The van der Waals surface area contributed by atoms with E-state index in [1.165, 1.54) is 11.1 Å². The van der Waals surface area contributed by atoms with Crippen LogP contribution in [0.15, 0.2) is 115 Å². The van der Waals surface area contributed by atoms with Crippen molar-refractivity contribution in [2.75, 3.05) is 0 Å². The van der Waals surface area contributed by atoms with Crippen LogP contribution in [0.25, 0.3) is 28.3 Å². The molecule has 54 heavy (non-hydrogen) atoms. The van der Waals surface area contributed by atoms with Gasteiger partial charge in [-0.05, 0) is 107 Å². The Morgan fingerprint density at radius 1 is 1.00 bits per heavy atom. The number of carbonyl (C=O) groups is 1. The molecule has 1 saturated carbocycles. The lowest BCUT2D eigenvalue weighted by Crippen LogP contribution is -2.37. The van der Waals surface area contributed by atoms with Crippen molar-refractivity contribution in [2.45, 2.75) is 125 Å². The van der Waals surface area contributed by atoms with E-state index in [4.69, 9.17) is 0 Å². The fraction of sp³-hybridized carbons (Fsp3) is 0.392. The number of allylic oxidation sites excluding steroid dienone is 5. The number of nitrogens with one attached hydrogen (secondary N) is 1. The molecular weight excluding hydrogens is 662 g/mol. The van der Waals surface area contributed by atoms with Crippen molar-refractivity contribution < 1.29 is 13.5 Å². The summed E-state index contributed by atoms with van der Waals surface area (Å²) in [4.78, 5) is 13.0. The number of halogens is 1. The molecule has 0 saturated heterocycles. The molecule has 2 atom stereocenters. The molecule has 3 aromatic rings. The van der Waals surface area contributed by atoms with Crippen LogP contribution in [0.2, 0.25) is 0 Å². The van der Waals surface area contributed by atoms with Gasteiger partial charge in [0.15, 0.2) is 5.78 Å². The molecule has 0 aliphatic heterocycles. The maximum Gasteiger partial charge on any atom is 0.168 e. The maximum atomic E-state index is 16.2. The topological polar surface area (TPSA) is 29.1 Å². The normalized spacial score (nSPS) is 16.5. The van der Waals surface area contributed by atoms with E-state index in [9.17, 15) is 4.79 Å². The summed E-state index contributed by atoms with van der Waals surface area (Å²) in [6, 6.07) is 17.0. The smallest absolute Gasteiger partial charge is 0.168 e. The Bertz CT molecular complexity index is 1940. The van der Waals surface area contributed by atoms with Gasteiger partial charge in [0.2, 0.25) is 0 Å². The monoisotopic (exact) mass is 732 g/mol. The summed E-state index contributed by atoms with van der Waals surface area (Å²) in [6.45, 7) is 31.2. The third-order valence-electron chi connectivity index (χ3n) is 10.6. The second-order valence-corrected chi connectivity index (χ2v) is 14.0. The molecule has 0 heterocycles. The van der Waals surface area contributed by atoms with E-state index in [1.54, 1.807) is 6.07 Å². The first-order chi connectivity index (χ1) is 26.2. The van der Waals surface area contributed by atoms with Gasteiger partial charge in [0.1, 0.15) is 5.82 Å². The van der Waals surface area contributed by atoms with Crippen molar-refractivity contribution in [1.82, 2.24) is 5.32 Å². The molecule has 1 N–H and O–H groups in total. The van der Waals surface area contributed by atoms with Gasteiger partial charge in [-0.3, -0.25) is 4.79 Å². The quantitative estimate of drug-likeness (QED) is 0.140. The third kappa shape index (κ3) is 10.6. The predicted molar refractivity (Wildman–Crippen MR) is 239 cm³/mol. The Balaban J connectivity index is 0.00000434. The van der Waals surface area contributed by atoms with Crippen molar-refractivity contribution in [3.63, 3.8) is 0 Å². The number of benzene rings is 3. The number of rotatable bonds is 13. The minimum atomic E-state index is -0.138. The molecule has 0 amide bonds. The van der Waals surface area contributed by atoms with Crippen LogP contribution in [0, 0.1) is 11.7 Å². The van der Waals surface area contributed by atoms with E-state index < -0.39 is 0 Å². The van der Waals surface area contributed by atoms with Gasteiger partial charge in [-0.1, -0.05) is 141 Å². The van der Waals surface area contributed by atoms with E-state index in [2.05, 4.69) is 106 Å². The largest absolute Gasteiger partial charge is 0.310 e. The fourth-order valence-corrected chi connectivity index (χ4v) is 7.82. The van der Waals surface area contributed by atoms with Crippen LogP contribution in [-0.2, 0) is 30.6 Å². The van der Waals surface area contributed by atoms with Crippen LogP contribution in [0.3, 0.4) is 0 Å². The lowest BCUT2D eigenvalue weighted by molar-refractivity contribution is -0.115. The van der Waals surface area contributed by atoms with E-state index in [0.717, 1.165) is 101 Å². The first-order valence-corrected chi connectivity index (χ1v) is 20.3. The molecule has 0 unspecified atom stereocenters. The third-order valence-corrected chi connectivity index (χ3v) is 10.6. The standard InChI is InChI=1S/C47H52FNO.2C2H6.3H2/c1-8-13-16-36-28-37(29-45(48)44(36)30-49-46-24-21-31(6)25-32(46)7)40-18-15-20-43(39(40)12-5)42-19-14-17-35(38(42)11-4)27-34(10-3)41-23-22-33(9-2)26-47(41)50;2*1-2;;;/h11,14-15,17-20,23,28-29,32,46,49H,2-4,6,8,12-13,16,21-22,24-27,30H2,1,5,7H3;2*1-2H3;3*1H/t32-,46+;;;;;/m0...../s1. The van der Waals surface area contributed by atoms with Crippen molar-refractivity contribution in [1.29, 1.82) is 0 Å². The lowest BCUT2D eigenvalue weighted by atomic mass is 9.83. The summed E-state index contributed by atoms with van der Waals surface area (Å²) in [5, 5.41) is 3.71. The Morgan fingerprint density at radius 3 is 2.33 bits per heavy atom. The highest BCUT2D eigenvalue weighted by molar-refractivity contribution is 6.02. The average molecular weight is 732 g/mol. The number of carbonyl (C=O) groups excluding carboxylic acids is 1. The molecule has 2 aliphatic carbocycles. The number of aryl methyl sites for hydroxylation is 1. The van der Waals surface area contributed by atoms with E-state index in [1.807, 2.05) is 39.8 Å². The first kappa shape index (κ1) is 43.9. The van der Waals surface area contributed by atoms with Gasteiger partial charge in [-0.25, -0.2) is 4.39 Å². The number of unbranched alkanes of at least 4 members (excludes halogenated alkanes) is 1. The summed E-state index contributed by atoms with van der Waals surface area (Å²) >= 11 is 0. The zero-order valence-corrected chi connectivity index (χ0v) is 34.3. The number of ketones is 1. The van der Waals surface area contributed by atoms with Gasteiger partial charge in [-0.15, -0.1) is 11.5 Å². The SMILES string of the molecule is C=C=C1CC=C(C(=C=C)Cc2cccc(-c3cccc(-c4cc(F)c(CN[C@@H]5CCC(=C)C[C@@H]5C)c(CCCC)c4)c3CC)c2C=C)C(=O)C1.CC.CC.[HH].[HH].[HH]. The minimum absolute atomic E-state index is 0. The van der Waals surface area contributed by atoms with Crippen molar-refractivity contribution in [3.05, 3.63) is 148 Å². The van der Waals surface area contributed by atoms with Crippen LogP contribution in [-0.4, -0.2) is 11.8 Å². The molecule has 3 heteroatoms. The number of hydrogen-bond acceptors (Lipinski definition) is 2. The Kier molecular flexibility index (Phi) is 17.9. The first-order valence-electron chi connectivity index (χ1n) is 20.3. The molecule has 292 valence electrons. The molecule has 2 aliphatic rings. The van der Waals surface area contributed by atoms with Crippen LogP contribution in [0.4, 0.5) is 4.39 Å². The summed E-state index contributed by atoms with van der Waals surface area (Å²) < 4.78 is 16.2. The van der Waals surface area contributed by atoms with Crippen LogP contribution >= 0.6 is 0 Å². The van der Waals surface area contributed by atoms with Crippen molar-refractivity contribution in [2.24, 2.45) is 5.92 Å². The zero-order chi connectivity index (χ0) is 39.8. The molecule has 0 aromatic heterocycles. The van der Waals surface area contributed by atoms with E-state index in [-0.39, 0.29) is 15.9 Å². The molecule has 0 radical (unpaired) electrons. The van der Waals surface area contributed by atoms with Crippen molar-refractivity contribution in [3.8, 4) is 22.3 Å². The summed E-state index contributed by atoms with van der Waals surface area (Å²) in [6.07, 6.45) is 12.2. The van der Waals surface area contributed by atoms with Gasteiger partial charge >= 0.3 is 0 Å². The van der Waals surface area contributed by atoms with E-state index >= 15 is 4.39 Å². The summed E-state index contributed by atoms with van der Waals surface area (Å²) in [7, 11) is 0. The highest BCUT2D eigenvalue weighted by Crippen LogP contribution is 2.38. The molecule has 5 rings (SSSR count). The molecule has 0 bridgehead atoms. The highest BCUT2D eigenvalue weighted by atomic mass is 19.1. The zero-order valence-electron chi connectivity index (χ0n) is 34.3. The lowest BCUT2D eigenvalue weighted by Gasteiger charge is -2.31.